The van der Waals surface area contributed by atoms with Gasteiger partial charge in [0.25, 0.3) is 0 Å². The molecule has 1 aromatic carbocycles. The van der Waals surface area contributed by atoms with Gasteiger partial charge in [-0.15, -0.1) is 0 Å². The number of benzene rings is 1. The summed E-state index contributed by atoms with van der Waals surface area (Å²) in [7, 11) is 0. The van der Waals surface area contributed by atoms with Crippen LogP contribution in [0.5, 0.6) is 0 Å². The van der Waals surface area contributed by atoms with Gasteiger partial charge in [0, 0.05) is 24.2 Å². The molecule has 0 aliphatic rings. The van der Waals surface area contributed by atoms with Crippen molar-refractivity contribution in [2.75, 3.05) is 5.73 Å². The van der Waals surface area contributed by atoms with Crippen molar-refractivity contribution >= 4 is 11.6 Å². The monoisotopic (exact) mass is 244 g/mol. The quantitative estimate of drug-likeness (QED) is 0.902. The van der Waals surface area contributed by atoms with E-state index in [4.69, 9.17) is 5.73 Å². The van der Waals surface area contributed by atoms with Gasteiger partial charge in [-0.25, -0.2) is 9.37 Å². The summed E-state index contributed by atoms with van der Waals surface area (Å²) in [5.74, 6) is -0.144. The molecule has 0 spiro atoms. The van der Waals surface area contributed by atoms with Crippen molar-refractivity contribution in [3.05, 3.63) is 47.9 Å². The first-order chi connectivity index (χ1) is 8.56. The molecule has 2 aromatic rings. The SMILES string of the molecule is CC(=O)Cc1ccc(-c2cnc(N)cc2F)cc1. The maximum atomic E-state index is 13.7. The average molecular weight is 244 g/mol. The van der Waals surface area contributed by atoms with Gasteiger partial charge in [0.1, 0.15) is 17.4 Å². The Morgan fingerprint density at radius 2 is 2.00 bits per heavy atom. The zero-order valence-electron chi connectivity index (χ0n) is 9.98. The third-order valence-electron chi connectivity index (χ3n) is 2.59. The highest BCUT2D eigenvalue weighted by Crippen LogP contribution is 2.23. The van der Waals surface area contributed by atoms with E-state index in [1.54, 1.807) is 12.1 Å². The smallest absolute Gasteiger partial charge is 0.136 e. The molecule has 0 aliphatic heterocycles. The largest absolute Gasteiger partial charge is 0.384 e. The topological polar surface area (TPSA) is 56.0 Å². The van der Waals surface area contributed by atoms with Crippen LogP contribution < -0.4 is 5.73 Å². The number of hydrogen-bond acceptors (Lipinski definition) is 3. The van der Waals surface area contributed by atoms with Gasteiger partial charge in [-0.2, -0.15) is 0 Å². The van der Waals surface area contributed by atoms with E-state index >= 15 is 0 Å². The summed E-state index contributed by atoms with van der Waals surface area (Å²) in [4.78, 5) is 14.8. The number of nitrogens with zero attached hydrogens (tertiary/aromatic N) is 1. The van der Waals surface area contributed by atoms with Crippen LogP contribution in [0.15, 0.2) is 36.5 Å². The molecule has 3 nitrogen and oxygen atoms in total. The van der Waals surface area contributed by atoms with E-state index in [0.717, 1.165) is 5.56 Å². The lowest BCUT2D eigenvalue weighted by Gasteiger charge is -2.05. The lowest BCUT2D eigenvalue weighted by molar-refractivity contribution is -0.116. The number of carbonyl (C=O) groups excluding carboxylic acids is 1. The van der Waals surface area contributed by atoms with Gasteiger partial charge in [0.2, 0.25) is 0 Å². The number of pyridine rings is 1. The van der Waals surface area contributed by atoms with Crippen LogP contribution in [0.1, 0.15) is 12.5 Å². The molecule has 0 fully saturated rings. The molecular formula is C14H13FN2O. The zero-order valence-corrected chi connectivity index (χ0v) is 9.98. The number of hydrogen-bond donors (Lipinski definition) is 1. The van der Waals surface area contributed by atoms with Crippen LogP contribution in [0.3, 0.4) is 0 Å². The molecule has 0 radical (unpaired) electrons. The summed E-state index contributed by atoms with van der Waals surface area (Å²) in [6, 6.07) is 8.36. The normalized spacial score (nSPS) is 10.3. The number of rotatable bonds is 3. The summed E-state index contributed by atoms with van der Waals surface area (Å²) in [6.07, 6.45) is 1.80. The van der Waals surface area contributed by atoms with Crippen LogP contribution in [0, 0.1) is 5.82 Å². The Balaban J connectivity index is 2.31. The number of halogens is 1. The minimum atomic E-state index is -0.401. The molecule has 0 bridgehead atoms. The van der Waals surface area contributed by atoms with E-state index in [0.29, 0.717) is 17.5 Å². The Hall–Kier alpha value is -2.23. The number of ketones is 1. The summed E-state index contributed by atoms with van der Waals surface area (Å²) < 4.78 is 13.7. The fourth-order valence-corrected chi connectivity index (χ4v) is 1.75. The number of nitrogen functional groups attached to an aromatic ring is 1. The molecular weight excluding hydrogens is 231 g/mol. The molecule has 4 heteroatoms. The van der Waals surface area contributed by atoms with Crippen molar-refractivity contribution in [3.63, 3.8) is 0 Å². The third kappa shape index (κ3) is 2.71. The van der Waals surface area contributed by atoms with Gasteiger partial charge in [0.05, 0.1) is 0 Å². The summed E-state index contributed by atoms with van der Waals surface area (Å²) >= 11 is 0. The second kappa shape index (κ2) is 4.96. The molecule has 92 valence electrons. The van der Waals surface area contributed by atoms with E-state index in [-0.39, 0.29) is 11.6 Å². The number of carbonyl (C=O) groups is 1. The molecule has 1 aromatic heterocycles. The maximum Gasteiger partial charge on any atom is 0.136 e. The van der Waals surface area contributed by atoms with Crippen molar-refractivity contribution in [1.29, 1.82) is 0 Å². The highest BCUT2D eigenvalue weighted by atomic mass is 19.1. The maximum absolute atomic E-state index is 13.7. The molecule has 18 heavy (non-hydrogen) atoms. The summed E-state index contributed by atoms with van der Waals surface area (Å²) in [5.41, 5.74) is 7.42. The minimum Gasteiger partial charge on any atom is -0.384 e. The van der Waals surface area contributed by atoms with Crippen molar-refractivity contribution < 1.29 is 9.18 Å². The van der Waals surface area contributed by atoms with Gasteiger partial charge in [-0.05, 0) is 18.1 Å². The van der Waals surface area contributed by atoms with Crippen LogP contribution in [0.4, 0.5) is 10.2 Å². The Morgan fingerprint density at radius 3 is 2.56 bits per heavy atom. The van der Waals surface area contributed by atoms with Gasteiger partial charge in [0.15, 0.2) is 0 Å². The predicted octanol–water partition coefficient (Wildman–Crippen LogP) is 2.60. The molecule has 0 unspecified atom stereocenters. The third-order valence-corrected chi connectivity index (χ3v) is 2.59. The number of aromatic nitrogens is 1. The second-order valence-electron chi connectivity index (χ2n) is 4.16. The number of anilines is 1. The highest BCUT2D eigenvalue weighted by molar-refractivity contribution is 5.78. The van der Waals surface area contributed by atoms with Gasteiger partial charge >= 0.3 is 0 Å². The van der Waals surface area contributed by atoms with Crippen molar-refractivity contribution in [2.24, 2.45) is 0 Å². The van der Waals surface area contributed by atoms with E-state index in [1.165, 1.54) is 19.2 Å². The van der Waals surface area contributed by atoms with E-state index < -0.39 is 5.82 Å². The molecule has 0 atom stereocenters. The first-order valence-electron chi connectivity index (χ1n) is 5.56. The number of Topliss-reactive ketones (excluding diaryl/α,β-unsaturated/α-hetero) is 1. The second-order valence-corrected chi connectivity index (χ2v) is 4.16. The molecule has 0 saturated heterocycles. The van der Waals surface area contributed by atoms with Gasteiger partial charge in [-0.3, -0.25) is 4.79 Å². The molecule has 2 N–H and O–H groups in total. The van der Waals surface area contributed by atoms with Crippen molar-refractivity contribution in [1.82, 2.24) is 4.98 Å². The standard InChI is InChI=1S/C14H13FN2O/c1-9(18)6-10-2-4-11(5-3-10)12-8-17-14(16)7-13(12)15/h2-5,7-8H,6H2,1H3,(H2,16,17). The van der Waals surface area contributed by atoms with Crippen LogP contribution in [-0.4, -0.2) is 10.8 Å². The van der Waals surface area contributed by atoms with Gasteiger partial charge < -0.3 is 5.73 Å². The fourth-order valence-electron chi connectivity index (χ4n) is 1.75. The van der Waals surface area contributed by atoms with Gasteiger partial charge in [-0.1, -0.05) is 24.3 Å². The van der Waals surface area contributed by atoms with Crippen molar-refractivity contribution in [2.45, 2.75) is 13.3 Å². The van der Waals surface area contributed by atoms with E-state index in [1.807, 2.05) is 12.1 Å². The van der Waals surface area contributed by atoms with Crippen LogP contribution >= 0.6 is 0 Å². The minimum absolute atomic E-state index is 0.100. The Kier molecular flexibility index (Phi) is 3.37. The summed E-state index contributed by atoms with van der Waals surface area (Å²) in [6.45, 7) is 1.54. The lowest BCUT2D eigenvalue weighted by atomic mass is 10.0. The first kappa shape index (κ1) is 12.2. The van der Waals surface area contributed by atoms with E-state index in [2.05, 4.69) is 4.98 Å². The number of nitrogens with two attached hydrogens (primary N) is 1. The highest BCUT2D eigenvalue weighted by Gasteiger charge is 2.06. The molecule has 1 heterocycles. The van der Waals surface area contributed by atoms with Crippen LogP contribution in [0.2, 0.25) is 0 Å². The molecule has 0 saturated carbocycles. The Labute approximate surface area is 104 Å². The fraction of sp³-hybridized carbons (Fsp3) is 0.143. The van der Waals surface area contributed by atoms with E-state index in [9.17, 15) is 9.18 Å². The Morgan fingerprint density at radius 1 is 1.33 bits per heavy atom. The predicted molar refractivity (Wildman–Crippen MR) is 68.4 cm³/mol. The van der Waals surface area contributed by atoms with Crippen LogP contribution in [-0.2, 0) is 11.2 Å². The molecule has 2 rings (SSSR count). The zero-order chi connectivity index (χ0) is 13.1. The lowest BCUT2D eigenvalue weighted by Crippen LogP contribution is -1.96. The Bertz CT molecular complexity index is 579. The van der Waals surface area contributed by atoms with Crippen LogP contribution in [0.25, 0.3) is 11.1 Å². The first-order valence-corrected chi connectivity index (χ1v) is 5.56. The summed E-state index contributed by atoms with van der Waals surface area (Å²) in [5, 5.41) is 0. The van der Waals surface area contributed by atoms with Crippen molar-refractivity contribution in [3.8, 4) is 11.1 Å². The molecule has 0 amide bonds. The average Bonchev–Trinajstić information content (AvgIpc) is 2.30. The molecule has 0 aliphatic carbocycles.